The van der Waals surface area contributed by atoms with E-state index >= 15 is 0 Å². The summed E-state index contributed by atoms with van der Waals surface area (Å²) in [4.78, 5) is -0.529. The van der Waals surface area contributed by atoms with Crippen molar-refractivity contribution in [3.05, 3.63) is 29.8 Å². The third-order valence-corrected chi connectivity index (χ3v) is 5.68. The molecule has 22 heavy (non-hydrogen) atoms. The zero-order valence-corrected chi connectivity index (χ0v) is 13.7. The van der Waals surface area contributed by atoms with Gasteiger partial charge in [-0.15, -0.1) is 12.4 Å². The van der Waals surface area contributed by atoms with Crippen LogP contribution < -0.4 is 5.73 Å². The molecule has 0 bridgehead atoms. The molecule has 1 aliphatic heterocycles. The fourth-order valence-electron chi connectivity index (χ4n) is 2.55. The summed E-state index contributed by atoms with van der Waals surface area (Å²) in [5.74, 6) is -1.92. The van der Waals surface area contributed by atoms with E-state index in [0.29, 0.717) is 18.9 Å². The molecule has 2 N–H and O–H groups in total. The number of piperidine rings is 1. The Labute approximate surface area is 134 Å². The number of sulfonamides is 1. The van der Waals surface area contributed by atoms with Crippen molar-refractivity contribution in [2.75, 3.05) is 20.2 Å². The van der Waals surface area contributed by atoms with Gasteiger partial charge in [-0.25, -0.2) is 17.2 Å². The molecule has 1 heterocycles. The van der Waals surface area contributed by atoms with Crippen LogP contribution >= 0.6 is 12.4 Å². The Kier molecular flexibility index (Phi) is 6.69. The van der Waals surface area contributed by atoms with Gasteiger partial charge in [0.05, 0.1) is 6.10 Å². The maximum absolute atomic E-state index is 13.8. The minimum absolute atomic E-state index is 0. The van der Waals surface area contributed by atoms with Crippen molar-refractivity contribution >= 4 is 22.4 Å². The van der Waals surface area contributed by atoms with Crippen LogP contribution in [-0.2, 0) is 14.8 Å². The van der Waals surface area contributed by atoms with Crippen molar-refractivity contribution in [3.63, 3.8) is 0 Å². The average molecular weight is 357 g/mol. The van der Waals surface area contributed by atoms with Crippen molar-refractivity contribution in [2.24, 2.45) is 5.73 Å². The lowest BCUT2D eigenvalue weighted by atomic mass is 10.0. The van der Waals surface area contributed by atoms with Crippen LogP contribution in [0, 0.1) is 11.6 Å². The maximum Gasteiger partial charge on any atom is 0.246 e. The quantitative estimate of drug-likeness (QED) is 0.887. The Hall–Kier alpha value is -0.800. The van der Waals surface area contributed by atoms with Gasteiger partial charge in [0.2, 0.25) is 10.0 Å². The molecule has 0 spiro atoms. The Morgan fingerprint density at radius 3 is 2.64 bits per heavy atom. The number of ether oxygens (including phenoxy) is 1. The van der Waals surface area contributed by atoms with Crippen LogP contribution in [0.5, 0.6) is 0 Å². The summed E-state index contributed by atoms with van der Waals surface area (Å²) in [6.45, 7) is 0.307. The first-order valence-corrected chi connectivity index (χ1v) is 8.04. The zero-order chi connectivity index (χ0) is 15.6. The Balaban J connectivity index is 0.00000242. The van der Waals surface area contributed by atoms with Gasteiger partial charge in [-0.2, -0.15) is 4.31 Å². The molecule has 0 aromatic heterocycles. The third-order valence-electron chi connectivity index (χ3n) is 3.70. The van der Waals surface area contributed by atoms with Gasteiger partial charge in [0, 0.05) is 32.3 Å². The lowest BCUT2D eigenvalue weighted by Crippen LogP contribution is -2.51. The van der Waals surface area contributed by atoms with E-state index in [1.54, 1.807) is 7.11 Å². The van der Waals surface area contributed by atoms with Crippen LogP contribution in [0.25, 0.3) is 0 Å². The van der Waals surface area contributed by atoms with Gasteiger partial charge >= 0.3 is 0 Å². The van der Waals surface area contributed by atoms with Crippen LogP contribution in [0.2, 0.25) is 0 Å². The summed E-state index contributed by atoms with van der Waals surface area (Å²) >= 11 is 0. The van der Waals surface area contributed by atoms with E-state index < -0.39 is 32.6 Å². The number of hydrogen-bond donors (Lipinski definition) is 1. The number of hydrogen-bond acceptors (Lipinski definition) is 4. The summed E-state index contributed by atoms with van der Waals surface area (Å²) in [5.41, 5.74) is 5.63. The normalized spacial score (nSPS) is 23.1. The number of halogens is 3. The van der Waals surface area contributed by atoms with Gasteiger partial charge in [0.25, 0.3) is 0 Å². The highest BCUT2D eigenvalue weighted by Crippen LogP contribution is 2.27. The molecule has 9 heteroatoms. The molecular formula is C13H19ClF2N2O3S. The molecule has 0 aliphatic carbocycles. The van der Waals surface area contributed by atoms with Crippen LogP contribution in [0.3, 0.4) is 0 Å². The lowest BCUT2D eigenvalue weighted by Gasteiger charge is -2.37. The van der Waals surface area contributed by atoms with Crippen LogP contribution in [0.1, 0.15) is 12.8 Å². The fourth-order valence-corrected chi connectivity index (χ4v) is 4.26. The van der Waals surface area contributed by atoms with E-state index in [2.05, 4.69) is 0 Å². The molecule has 1 fully saturated rings. The number of nitrogens with two attached hydrogens (primary N) is 1. The molecule has 1 aliphatic rings. The highest BCUT2D eigenvalue weighted by atomic mass is 35.5. The van der Waals surface area contributed by atoms with E-state index in [-0.39, 0.29) is 31.6 Å². The smallest absolute Gasteiger partial charge is 0.246 e. The first-order valence-electron chi connectivity index (χ1n) is 6.60. The summed E-state index contributed by atoms with van der Waals surface area (Å²) < 4.78 is 58.2. The predicted molar refractivity (Wildman–Crippen MR) is 80.4 cm³/mol. The molecule has 0 saturated carbocycles. The molecule has 5 nitrogen and oxygen atoms in total. The first-order chi connectivity index (χ1) is 9.90. The summed E-state index contributed by atoms with van der Waals surface area (Å²) in [7, 11) is -2.49. The van der Waals surface area contributed by atoms with Crippen molar-refractivity contribution < 1.29 is 21.9 Å². The molecule has 2 unspecified atom stereocenters. The Bertz CT molecular complexity index is 615. The summed E-state index contributed by atoms with van der Waals surface area (Å²) in [6.07, 6.45) is 0.896. The van der Waals surface area contributed by atoms with Crippen molar-refractivity contribution in [2.45, 2.75) is 29.9 Å². The highest BCUT2D eigenvalue weighted by Gasteiger charge is 2.37. The fraction of sp³-hybridized carbons (Fsp3) is 0.538. The van der Waals surface area contributed by atoms with E-state index in [1.807, 2.05) is 0 Å². The molecule has 1 aromatic rings. The second-order valence-electron chi connectivity index (χ2n) is 4.96. The molecule has 0 amide bonds. The monoisotopic (exact) mass is 356 g/mol. The summed E-state index contributed by atoms with van der Waals surface area (Å²) in [6, 6.07) is 1.97. The topological polar surface area (TPSA) is 72.6 Å². The van der Waals surface area contributed by atoms with Gasteiger partial charge in [0.15, 0.2) is 0 Å². The minimum Gasteiger partial charge on any atom is -0.381 e. The number of nitrogens with zero attached hydrogens (tertiary/aromatic N) is 1. The van der Waals surface area contributed by atoms with Gasteiger partial charge in [-0.05, 0) is 25.0 Å². The number of rotatable bonds is 4. The highest BCUT2D eigenvalue weighted by molar-refractivity contribution is 7.89. The van der Waals surface area contributed by atoms with Gasteiger partial charge in [-0.3, -0.25) is 0 Å². The number of methoxy groups -OCH3 is 1. The Morgan fingerprint density at radius 1 is 1.41 bits per heavy atom. The van der Waals surface area contributed by atoms with E-state index in [9.17, 15) is 17.2 Å². The van der Waals surface area contributed by atoms with Crippen LogP contribution in [0.15, 0.2) is 23.1 Å². The lowest BCUT2D eigenvalue weighted by molar-refractivity contribution is 0.0401. The minimum atomic E-state index is -4.05. The zero-order valence-electron chi connectivity index (χ0n) is 12.0. The van der Waals surface area contributed by atoms with Crippen LogP contribution in [0.4, 0.5) is 8.78 Å². The largest absolute Gasteiger partial charge is 0.381 e. The molecule has 1 aromatic carbocycles. The predicted octanol–water partition coefficient (Wildman–Crippen LogP) is 1.51. The summed E-state index contributed by atoms with van der Waals surface area (Å²) in [5, 5.41) is 0. The molecule has 2 rings (SSSR count). The van der Waals surface area contributed by atoms with E-state index in [4.69, 9.17) is 10.5 Å². The SMILES string of the molecule is COC1CCN(S(=O)(=O)c2ccc(F)cc2F)C(CN)C1.Cl. The molecule has 126 valence electrons. The van der Waals surface area contributed by atoms with Crippen LogP contribution in [-0.4, -0.2) is 45.1 Å². The second kappa shape index (κ2) is 7.65. The van der Waals surface area contributed by atoms with Gasteiger partial charge < -0.3 is 10.5 Å². The first kappa shape index (κ1) is 19.2. The molecular weight excluding hydrogens is 338 g/mol. The van der Waals surface area contributed by atoms with Crippen molar-refractivity contribution in [1.29, 1.82) is 0 Å². The average Bonchev–Trinajstić information content (AvgIpc) is 2.46. The van der Waals surface area contributed by atoms with Crippen molar-refractivity contribution in [3.8, 4) is 0 Å². The van der Waals surface area contributed by atoms with Gasteiger partial charge in [0.1, 0.15) is 16.5 Å². The maximum atomic E-state index is 13.8. The Morgan fingerprint density at radius 2 is 2.09 bits per heavy atom. The standard InChI is InChI=1S/C13H18F2N2O3S.ClH/c1-20-11-4-5-17(10(7-11)8-16)21(18,19)13-3-2-9(14)6-12(13)15;/h2-3,6,10-11H,4-5,7-8,16H2,1H3;1H. The van der Waals surface area contributed by atoms with E-state index in [1.165, 1.54) is 4.31 Å². The second-order valence-corrected chi connectivity index (χ2v) is 6.82. The number of benzene rings is 1. The molecule has 0 radical (unpaired) electrons. The third kappa shape index (κ3) is 3.75. The van der Waals surface area contributed by atoms with E-state index in [0.717, 1.165) is 12.1 Å². The molecule has 2 atom stereocenters. The molecule has 1 saturated heterocycles. The van der Waals surface area contributed by atoms with Gasteiger partial charge in [-0.1, -0.05) is 0 Å². The van der Waals surface area contributed by atoms with Crippen molar-refractivity contribution in [1.82, 2.24) is 4.31 Å².